The largest absolute Gasteiger partial charge is 0.370 e. The number of aryl methyl sites for hydroxylation is 1. The van der Waals surface area contributed by atoms with Crippen LogP contribution in [0.1, 0.15) is 32.9 Å². The summed E-state index contributed by atoms with van der Waals surface area (Å²) < 4.78 is 0. The molecule has 5 heteroatoms. The Kier molecular flexibility index (Phi) is 4.06. The Hall–Kier alpha value is -1.36. The summed E-state index contributed by atoms with van der Waals surface area (Å²) in [6, 6.07) is 1.91. The van der Waals surface area contributed by atoms with Gasteiger partial charge in [0.2, 0.25) is 5.95 Å². The SMILES string of the molecule is Cc1cc(NCCC(C)(C)C)nc(NN)n1. The van der Waals surface area contributed by atoms with Gasteiger partial charge in [-0.2, -0.15) is 4.98 Å². The van der Waals surface area contributed by atoms with Gasteiger partial charge in [-0.3, -0.25) is 5.43 Å². The lowest BCUT2D eigenvalue weighted by molar-refractivity contribution is 0.389. The first-order valence-electron chi connectivity index (χ1n) is 5.47. The minimum atomic E-state index is 0.323. The van der Waals surface area contributed by atoms with E-state index in [1.165, 1.54) is 0 Å². The van der Waals surface area contributed by atoms with Crippen LogP contribution in [-0.4, -0.2) is 16.5 Å². The number of hydrogen-bond acceptors (Lipinski definition) is 5. The van der Waals surface area contributed by atoms with Crippen LogP contribution >= 0.6 is 0 Å². The van der Waals surface area contributed by atoms with Gasteiger partial charge in [-0.05, 0) is 18.8 Å². The molecular weight excluding hydrogens is 202 g/mol. The molecule has 0 aliphatic rings. The molecule has 0 radical (unpaired) electrons. The smallest absolute Gasteiger partial charge is 0.239 e. The maximum Gasteiger partial charge on any atom is 0.239 e. The molecular formula is C11H21N5. The minimum absolute atomic E-state index is 0.323. The van der Waals surface area contributed by atoms with E-state index in [-0.39, 0.29) is 0 Å². The molecule has 0 aliphatic heterocycles. The van der Waals surface area contributed by atoms with Crippen LogP contribution in [0.25, 0.3) is 0 Å². The molecule has 1 aromatic rings. The van der Waals surface area contributed by atoms with E-state index in [1.54, 1.807) is 0 Å². The highest BCUT2D eigenvalue weighted by molar-refractivity contribution is 5.41. The number of nitrogens with zero attached hydrogens (tertiary/aromatic N) is 2. The standard InChI is InChI=1S/C11H21N5/c1-8-7-9(15-10(14-8)16-12)13-6-5-11(2,3)4/h7H,5-6,12H2,1-4H3,(H2,13,14,15,16). The molecule has 0 fully saturated rings. The number of rotatable bonds is 4. The van der Waals surface area contributed by atoms with Gasteiger partial charge in [0, 0.05) is 18.3 Å². The average Bonchev–Trinajstić information content (AvgIpc) is 2.14. The Morgan fingerprint density at radius 2 is 2.00 bits per heavy atom. The number of hydrazine groups is 1. The lowest BCUT2D eigenvalue weighted by atomic mass is 9.92. The number of nitrogens with one attached hydrogen (secondary N) is 2. The predicted molar refractivity (Wildman–Crippen MR) is 67.1 cm³/mol. The van der Waals surface area contributed by atoms with Crippen LogP contribution in [0.15, 0.2) is 6.07 Å². The van der Waals surface area contributed by atoms with Crippen molar-refractivity contribution in [1.82, 2.24) is 9.97 Å². The van der Waals surface area contributed by atoms with E-state index in [2.05, 4.69) is 41.5 Å². The maximum absolute atomic E-state index is 5.28. The third kappa shape index (κ3) is 4.44. The molecule has 0 unspecified atom stereocenters. The van der Waals surface area contributed by atoms with Crippen LogP contribution in [0.2, 0.25) is 0 Å². The van der Waals surface area contributed by atoms with Crippen LogP contribution in [0, 0.1) is 12.3 Å². The number of nitrogen functional groups attached to an aromatic ring is 1. The van der Waals surface area contributed by atoms with E-state index >= 15 is 0 Å². The van der Waals surface area contributed by atoms with Gasteiger partial charge in [-0.15, -0.1) is 0 Å². The van der Waals surface area contributed by atoms with Crippen molar-refractivity contribution in [3.05, 3.63) is 11.8 Å². The molecule has 0 saturated carbocycles. The van der Waals surface area contributed by atoms with Gasteiger partial charge in [-0.25, -0.2) is 10.8 Å². The molecule has 4 N–H and O–H groups in total. The first kappa shape index (κ1) is 12.7. The van der Waals surface area contributed by atoms with Crippen LogP contribution in [-0.2, 0) is 0 Å². The molecule has 1 heterocycles. The lowest BCUT2D eigenvalue weighted by Gasteiger charge is -2.18. The fraction of sp³-hybridized carbons (Fsp3) is 0.636. The molecule has 0 saturated heterocycles. The summed E-state index contributed by atoms with van der Waals surface area (Å²) >= 11 is 0. The zero-order valence-corrected chi connectivity index (χ0v) is 10.5. The first-order chi connectivity index (χ1) is 7.40. The summed E-state index contributed by atoms with van der Waals surface area (Å²) in [6.45, 7) is 9.45. The van der Waals surface area contributed by atoms with E-state index in [1.807, 2.05) is 13.0 Å². The summed E-state index contributed by atoms with van der Waals surface area (Å²) in [7, 11) is 0. The normalized spacial score (nSPS) is 11.3. The number of hydrogen-bond donors (Lipinski definition) is 3. The predicted octanol–water partition coefficient (Wildman–Crippen LogP) is 1.92. The summed E-state index contributed by atoms with van der Waals surface area (Å²) in [5, 5.41) is 3.27. The van der Waals surface area contributed by atoms with Gasteiger partial charge in [0.15, 0.2) is 0 Å². The molecule has 1 rings (SSSR count). The van der Waals surface area contributed by atoms with Crippen molar-refractivity contribution in [1.29, 1.82) is 0 Å². The zero-order valence-electron chi connectivity index (χ0n) is 10.5. The molecule has 1 aromatic heterocycles. The Morgan fingerprint density at radius 3 is 2.56 bits per heavy atom. The van der Waals surface area contributed by atoms with E-state index in [0.717, 1.165) is 24.5 Å². The maximum atomic E-state index is 5.28. The summed E-state index contributed by atoms with van der Waals surface area (Å²) in [5.74, 6) is 6.54. The molecule has 0 aromatic carbocycles. The van der Waals surface area contributed by atoms with Gasteiger partial charge >= 0.3 is 0 Å². The van der Waals surface area contributed by atoms with E-state index < -0.39 is 0 Å². The van der Waals surface area contributed by atoms with Gasteiger partial charge in [0.25, 0.3) is 0 Å². The number of aromatic nitrogens is 2. The van der Waals surface area contributed by atoms with Crippen molar-refractivity contribution in [3.63, 3.8) is 0 Å². The van der Waals surface area contributed by atoms with Crippen LogP contribution in [0.5, 0.6) is 0 Å². The van der Waals surface area contributed by atoms with Crippen molar-refractivity contribution in [2.45, 2.75) is 34.1 Å². The van der Waals surface area contributed by atoms with Crippen molar-refractivity contribution in [2.24, 2.45) is 11.3 Å². The minimum Gasteiger partial charge on any atom is -0.370 e. The Morgan fingerprint density at radius 1 is 1.31 bits per heavy atom. The second kappa shape index (κ2) is 5.12. The lowest BCUT2D eigenvalue weighted by Crippen LogP contribution is -2.15. The molecule has 5 nitrogen and oxygen atoms in total. The van der Waals surface area contributed by atoms with Crippen LogP contribution in [0.3, 0.4) is 0 Å². The van der Waals surface area contributed by atoms with E-state index in [9.17, 15) is 0 Å². The molecule has 0 amide bonds. The monoisotopic (exact) mass is 223 g/mol. The average molecular weight is 223 g/mol. The fourth-order valence-electron chi connectivity index (χ4n) is 1.29. The third-order valence-electron chi connectivity index (χ3n) is 2.16. The molecule has 0 atom stereocenters. The Balaban J connectivity index is 2.57. The van der Waals surface area contributed by atoms with Gasteiger partial charge in [0.05, 0.1) is 0 Å². The highest BCUT2D eigenvalue weighted by Gasteiger charge is 2.09. The zero-order chi connectivity index (χ0) is 12.2. The van der Waals surface area contributed by atoms with E-state index in [0.29, 0.717) is 11.4 Å². The fourth-order valence-corrected chi connectivity index (χ4v) is 1.29. The third-order valence-corrected chi connectivity index (χ3v) is 2.16. The van der Waals surface area contributed by atoms with Crippen molar-refractivity contribution < 1.29 is 0 Å². The van der Waals surface area contributed by atoms with Crippen LogP contribution < -0.4 is 16.6 Å². The summed E-state index contributed by atoms with van der Waals surface area (Å²) in [4.78, 5) is 8.34. The number of anilines is 2. The van der Waals surface area contributed by atoms with Crippen LogP contribution in [0.4, 0.5) is 11.8 Å². The van der Waals surface area contributed by atoms with Gasteiger partial charge < -0.3 is 5.32 Å². The Bertz CT molecular complexity index is 343. The molecule has 16 heavy (non-hydrogen) atoms. The highest BCUT2D eigenvalue weighted by atomic mass is 15.3. The molecule has 0 spiro atoms. The molecule has 0 bridgehead atoms. The summed E-state index contributed by atoms with van der Waals surface area (Å²) in [6.07, 6.45) is 1.08. The first-order valence-corrected chi connectivity index (χ1v) is 5.47. The quantitative estimate of drug-likeness (QED) is 0.537. The second-order valence-electron chi connectivity index (χ2n) is 5.10. The molecule has 90 valence electrons. The number of nitrogens with two attached hydrogens (primary N) is 1. The Labute approximate surface area is 96.8 Å². The van der Waals surface area contributed by atoms with Gasteiger partial charge in [0.1, 0.15) is 5.82 Å². The summed E-state index contributed by atoms with van der Waals surface area (Å²) in [5.41, 5.74) is 3.67. The van der Waals surface area contributed by atoms with Gasteiger partial charge in [-0.1, -0.05) is 20.8 Å². The molecule has 0 aliphatic carbocycles. The van der Waals surface area contributed by atoms with Crippen molar-refractivity contribution >= 4 is 11.8 Å². The van der Waals surface area contributed by atoms with E-state index in [4.69, 9.17) is 5.84 Å². The second-order valence-corrected chi connectivity index (χ2v) is 5.10. The van der Waals surface area contributed by atoms with Crippen molar-refractivity contribution in [2.75, 3.05) is 17.3 Å². The topological polar surface area (TPSA) is 75.9 Å². The van der Waals surface area contributed by atoms with Crippen molar-refractivity contribution in [3.8, 4) is 0 Å². The highest BCUT2D eigenvalue weighted by Crippen LogP contribution is 2.18.